The molecule has 5 nitrogen and oxygen atoms in total. The summed E-state index contributed by atoms with van der Waals surface area (Å²) in [5.74, 6) is -1.49. The van der Waals surface area contributed by atoms with E-state index in [0.29, 0.717) is 10.0 Å². The van der Waals surface area contributed by atoms with Crippen molar-refractivity contribution in [3.05, 3.63) is 70.3 Å². The summed E-state index contributed by atoms with van der Waals surface area (Å²) >= 11 is 3.30. The molecule has 0 saturated carbocycles. The summed E-state index contributed by atoms with van der Waals surface area (Å²) in [6, 6.07) is 13.6. The Morgan fingerprint density at radius 1 is 1.12 bits per heavy atom. The molecule has 1 atom stereocenters. The Morgan fingerprint density at radius 2 is 1.83 bits per heavy atom. The lowest BCUT2D eigenvalue weighted by Crippen LogP contribution is -2.42. The van der Waals surface area contributed by atoms with Gasteiger partial charge in [0.25, 0.3) is 5.91 Å². The molecule has 0 aliphatic carbocycles. The molecule has 1 amide bonds. The molecule has 24 heavy (non-hydrogen) atoms. The third-order valence-electron chi connectivity index (χ3n) is 3.82. The van der Waals surface area contributed by atoms with E-state index < -0.39 is 17.9 Å². The quantitative estimate of drug-likeness (QED) is 0.628. The summed E-state index contributed by atoms with van der Waals surface area (Å²) in [5, 5.41) is 13.0. The minimum Gasteiger partial charge on any atom is -0.480 e. The smallest absolute Gasteiger partial charge is 0.326 e. The van der Waals surface area contributed by atoms with Crippen molar-refractivity contribution < 1.29 is 14.7 Å². The summed E-state index contributed by atoms with van der Waals surface area (Å²) in [6.45, 7) is 0. The van der Waals surface area contributed by atoms with Gasteiger partial charge in [-0.15, -0.1) is 0 Å². The number of benzene rings is 2. The van der Waals surface area contributed by atoms with Crippen molar-refractivity contribution in [3.8, 4) is 0 Å². The highest BCUT2D eigenvalue weighted by Crippen LogP contribution is 2.20. The number of para-hydroxylation sites is 1. The van der Waals surface area contributed by atoms with Gasteiger partial charge in [0.1, 0.15) is 6.04 Å². The number of aromatic nitrogens is 1. The van der Waals surface area contributed by atoms with Crippen LogP contribution in [-0.4, -0.2) is 28.0 Å². The van der Waals surface area contributed by atoms with Gasteiger partial charge in [-0.2, -0.15) is 0 Å². The van der Waals surface area contributed by atoms with Gasteiger partial charge < -0.3 is 15.4 Å². The van der Waals surface area contributed by atoms with Gasteiger partial charge >= 0.3 is 5.97 Å². The van der Waals surface area contributed by atoms with E-state index in [2.05, 4.69) is 26.2 Å². The van der Waals surface area contributed by atoms with Crippen LogP contribution in [0.1, 0.15) is 15.9 Å². The fourth-order valence-corrected chi connectivity index (χ4v) is 3.07. The lowest BCUT2D eigenvalue weighted by molar-refractivity contribution is -0.139. The van der Waals surface area contributed by atoms with Crippen molar-refractivity contribution in [2.24, 2.45) is 0 Å². The predicted octanol–water partition coefficient (Wildman–Crippen LogP) is 3.36. The van der Waals surface area contributed by atoms with E-state index in [9.17, 15) is 14.7 Å². The van der Waals surface area contributed by atoms with Gasteiger partial charge in [-0.1, -0.05) is 30.3 Å². The molecular weight excluding hydrogens is 372 g/mol. The molecule has 122 valence electrons. The Labute approximate surface area is 146 Å². The maximum absolute atomic E-state index is 12.4. The van der Waals surface area contributed by atoms with E-state index in [4.69, 9.17) is 0 Å². The molecule has 2 aromatic carbocycles. The zero-order valence-electron chi connectivity index (χ0n) is 12.6. The first kappa shape index (κ1) is 16.3. The number of aromatic amines is 1. The van der Waals surface area contributed by atoms with Crippen LogP contribution in [0.25, 0.3) is 10.9 Å². The van der Waals surface area contributed by atoms with Crippen LogP contribution in [0.5, 0.6) is 0 Å². The third kappa shape index (κ3) is 3.33. The van der Waals surface area contributed by atoms with Crippen molar-refractivity contribution in [2.45, 2.75) is 12.5 Å². The average Bonchev–Trinajstić information content (AvgIpc) is 2.97. The van der Waals surface area contributed by atoms with Crippen molar-refractivity contribution in [1.82, 2.24) is 10.3 Å². The van der Waals surface area contributed by atoms with Crippen LogP contribution in [-0.2, 0) is 11.2 Å². The summed E-state index contributed by atoms with van der Waals surface area (Å²) in [6.07, 6.45) is 1.99. The molecule has 0 radical (unpaired) electrons. The number of hydrogen-bond donors (Lipinski definition) is 3. The predicted molar refractivity (Wildman–Crippen MR) is 95.0 cm³/mol. The molecule has 0 bridgehead atoms. The highest BCUT2D eigenvalue weighted by atomic mass is 79.9. The first-order chi connectivity index (χ1) is 11.6. The highest BCUT2D eigenvalue weighted by molar-refractivity contribution is 9.10. The molecule has 0 spiro atoms. The average molecular weight is 387 g/mol. The minimum atomic E-state index is -1.07. The number of amides is 1. The second-order valence-corrected chi connectivity index (χ2v) is 6.26. The number of carboxylic acids is 1. The van der Waals surface area contributed by atoms with Gasteiger partial charge in [0.05, 0.1) is 5.56 Å². The summed E-state index contributed by atoms with van der Waals surface area (Å²) in [5.41, 5.74) is 2.20. The van der Waals surface area contributed by atoms with E-state index in [-0.39, 0.29) is 6.42 Å². The van der Waals surface area contributed by atoms with Crippen LogP contribution in [0.4, 0.5) is 0 Å². The molecule has 0 aliphatic heterocycles. The third-order valence-corrected chi connectivity index (χ3v) is 4.51. The molecule has 0 unspecified atom stereocenters. The van der Waals surface area contributed by atoms with Gasteiger partial charge in [0, 0.05) is 28.0 Å². The number of hydrogen-bond acceptors (Lipinski definition) is 2. The molecule has 3 rings (SSSR count). The Balaban J connectivity index is 1.82. The van der Waals surface area contributed by atoms with Crippen LogP contribution in [0.2, 0.25) is 0 Å². The Hall–Kier alpha value is -2.60. The second-order valence-electron chi connectivity index (χ2n) is 5.41. The molecule has 6 heteroatoms. The molecule has 0 fully saturated rings. The van der Waals surface area contributed by atoms with Gasteiger partial charge in [-0.05, 0) is 39.7 Å². The van der Waals surface area contributed by atoms with E-state index in [1.165, 1.54) is 0 Å². The molecule has 1 heterocycles. The van der Waals surface area contributed by atoms with Crippen LogP contribution in [0, 0.1) is 0 Å². The minimum absolute atomic E-state index is 0.204. The first-order valence-electron chi connectivity index (χ1n) is 7.39. The lowest BCUT2D eigenvalue weighted by atomic mass is 10.0. The zero-order chi connectivity index (χ0) is 17.1. The molecule has 0 saturated heterocycles. The van der Waals surface area contributed by atoms with Crippen LogP contribution in [0.3, 0.4) is 0 Å². The van der Waals surface area contributed by atoms with Crippen molar-refractivity contribution in [3.63, 3.8) is 0 Å². The molecule has 1 aromatic heterocycles. The van der Waals surface area contributed by atoms with E-state index in [0.717, 1.165) is 16.5 Å². The number of carbonyl (C=O) groups excluding carboxylic acids is 1. The number of carbonyl (C=O) groups is 2. The van der Waals surface area contributed by atoms with Gasteiger partial charge in [-0.3, -0.25) is 4.79 Å². The number of nitrogens with one attached hydrogen (secondary N) is 2. The fourth-order valence-electron chi connectivity index (χ4n) is 2.60. The van der Waals surface area contributed by atoms with Gasteiger partial charge in [0.15, 0.2) is 0 Å². The fraction of sp³-hybridized carbons (Fsp3) is 0.111. The number of aliphatic carboxylic acids is 1. The number of fused-ring (bicyclic) bond motifs is 1. The standard InChI is InChI=1S/C18H15BrN2O3/c19-14-7-3-1-6-13(14)17(22)21-16(18(23)24)9-11-10-20-15-8-4-2-5-12(11)15/h1-8,10,16,20H,9H2,(H,21,22)(H,23,24)/t16-/m0/s1. The van der Waals surface area contributed by atoms with E-state index in [1.807, 2.05) is 24.3 Å². The lowest BCUT2D eigenvalue weighted by Gasteiger charge is -2.15. The van der Waals surface area contributed by atoms with Crippen LogP contribution < -0.4 is 5.32 Å². The van der Waals surface area contributed by atoms with Gasteiger partial charge in [-0.25, -0.2) is 4.79 Å². The molecule has 0 aliphatic rings. The maximum Gasteiger partial charge on any atom is 0.326 e. The topological polar surface area (TPSA) is 82.2 Å². The van der Waals surface area contributed by atoms with Crippen LogP contribution in [0.15, 0.2) is 59.2 Å². The number of rotatable bonds is 5. The number of H-pyrrole nitrogens is 1. The Bertz CT molecular complexity index is 904. The zero-order valence-corrected chi connectivity index (χ0v) is 14.2. The Morgan fingerprint density at radius 3 is 2.58 bits per heavy atom. The largest absolute Gasteiger partial charge is 0.480 e. The maximum atomic E-state index is 12.4. The van der Waals surface area contributed by atoms with Crippen molar-refractivity contribution in [1.29, 1.82) is 0 Å². The molecular formula is C18H15BrN2O3. The van der Waals surface area contributed by atoms with Crippen LogP contribution >= 0.6 is 15.9 Å². The monoisotopic (exact) mass is 386 g/mol. The Kier molecular flexibility index (Phi) is 4.66. The van der Waals surface area contributed by atoms with E-state index in [1.54, 1.807) is 30.5 Å². The number of halogens is 1. The summed E-state index contributed by atoms with van der Waals surface area (Å²) in [7, 11) is 0. The normalized spacial score (nSPS) is 12.0. The van der Waals surface area contributed by atoms with Gasteiger partial charge in [0.2, 0.25) is 0 Å². The van der Waals surface area contributed by atoms with Crippen molar-refractivity contribution >= 4 is 38.7 Å². The number of carboxylic acid groups (broad SMARTS) is 1. The SMILES string of the molecule is O=C(N[C@@H](Cc1c[nH]c2ccccc12)C(=O)O)c1ccccc1Br. The summed E-state index contributed by atoms with van der Waals surface area (Å²) in [4.78, 5) is 27.1. The second kappa shape index (κ2) is 6.88. The van der Waals surface area contributed by atoms with E-state index >= 15 is 0 Å². The molecule has 3 N–H and O–H groups in total. The first-order valence-corrected chi connectivity index (χ1v) is 8.19. The van der Waals surface area contributed by atoms with Crippen molar-refractivity contribution in [2.75, 3.05) is 0 Å². The summed E-state index contributed by atoms with van der Waals surface area (Å²) < 4.78 is 0.624. The molecule has 3 aromatic rings. The highest BCUT2D eigenvalue weighted by Gasteiger charge is 2.23.